The fourth-order valence-corrected chi connectivity index (χ4v) is 12.9. The number of phosphoric ester groups is 2. The third-order valence-corrected chi connectivity index (χ3v) is 19.1. The minimum absolute atomic E-state index is 0.104. The maximum atomic E-state index is 13.1. The predicted octanol–water partition coefficient (Wildman–Crippen LogP) is 21.6. The van der Waals surface area contributed by atoms with Crippen LogP contribution in [0.1, 0.15) is 382 Å². The summed E-state index contributed by atoms with van der Waals surface area (Å²) < 4.78 is 68.4. The van der Waals surface area contributed by atoms with Crippen LogP contribution in [0.4, 0.5) is 0 Å². The van der Waals surface area contributed by atoms with Crippen molar-refractivity contribution in [2.45, 2.75) is 400 Å². The molecule has 0 saturated heterocycles. The Balaban J connectivity index is 5.21. The number of ether oxygens (including phenoxy) is 4. The van der Waals surface area contributed by atoms with Gasteiger partial charge >= 0.3 is 39.5 Å². The number of unbranched alkanes of at least 4 members (excludes halogenated alkanes) is 43. The van der Waals surface area contributed by atoms with Crippen molar-refractivity contribution in [2.75, 3.05) is 39.6 Å². The van der Waals surface area contributed by atoms with Crippen LogP contribution in [0.2, 0.25) is 0 Å². The normalized spacial score (nSPS) is 14.1. The largest absolute Gasteiger partial charge is 0.472 e. The average Bonchev–Trinajstić information content (AvgIpc) is 2.24. The number of hydrogen-bond donors (Lipinski definition) is 3. The van der Waals surface area contributed by atoms with Crippen LogP contribution in [-0.4, -0.2) is 96.7 Å². The van der Waals surface area contributed by atoms with Crippen molar-refractivity contribution >= 4 is 39.5 Å². The first-order chi connectivity index (χ1) is 44.9. The molecule has 0 aromatic rings. The molecule has 93 heavy (non-hydrogen) atoms. The van der Waals surface area contributed by atoms with Gasteiger partial charge in [-0.2, -0.15) is 0 Å². The van der Waals surface area contributed by atoms with Crippen molar-refractivity contribution in [3.8, 4) is 0 Å². The van der Waals surface area contributed by atoms with Gasteiger partial charge in [0.25, 0.3) is 0 Å². The molecule has 0 saturated carbocycles. The van der Waals surface area contributed by atoms with Gasteiger partial charge < -0.3 is 33.8 Å². The Morgan fingerprint density at radius 3 is 0.731 bits per heavy atom. The molecule has 19 heteroatoms. The highest BCUT2D eigenvalue weighted by Crippen LogP contribution is 2.45. The summed E-state index contributed by atoms with van der Waals surface area (Å²) in [4.78, 5) is 72.7. The lowest BCUT2D eigenvalue weighted by molar-refractivity contribution is -0.161. The molecule has 552 valence electrons. The van der Waals surface area contributed by atoms with Crippen LogP contribution in [0, 0.1) is 11.8 Å². The molecule has 17 nitrogen and oxygen atoms in total. The maximum Gasteiger partial charge on any atom is 0.472 e. The number of phosphoric acid groups is 2. The number of hydrogen-bond acceptors (Lipinski definition) is 15. The Kier molecular flexibility index (Phi) is 64.6. The van der Waals surface area contributed by atoms with E-state index in [4.69, 9.17) is 37.0 Å². The average molecular weight is 1370 g/mol. The van der Waals surface area contributed by atoms with Gasteiger partial charge in [-0.1, -0.05) is 330 Å². The van der Waals surface area contributed by atoms with E-state index in [-0.39, 0.29) is 25.7 Å². The molecule has 0 aliphatic carbocycles. The number of aliphatic hydroxyl groups is 1. The lowest BCUT2D eigenvalue weighted by Crippen LogP contribution is -2.30. The second-order valence-corrected chi connectivity index (χ2v) is 30.5. The molecule has 0 amide bonds. The number of rotatable bonds is 73. The summed E-state index contributed by atoms with van der Waals surface area (Å²) in [5.74, 6) is -0.615. The van der Waals surface area contributed by atoms with E-state index in [0.29, 0.717) is 31.6 Å². The summed E-state index contributed by atoms with van der Waals surface area (Å²) in [6.07, 6.45) is 52.8. The number of carbonyl (C=O) groups is 4. The Bertz CT molecular complexity index is 1800. The van der Waals surface area contributed by atoms with E-state index in [9.17, 15) is 43.2 Å². The molecule has 0 aromatic heterocycles. The zero-order valence-electron chi connectivity index (χ0n) is 60.6. The first-order valence-corrected chi connectivity index (χ1v) is 41.5. The molecule has 5 atom stereocenters. The molecule has 0 bridgehead atoms. The van der Waals surface area contributed by atoms with Gasteiger partial charge in [0.05, 0.1) is 26.4 Å². The Hall–Kier alpha value is -1.94. The Labute approximate surface area is 568 Å². The van der Waals surface area contributed by atoms with E-state index < -0.39 is 97.5 Å². The molecule has 0 aliphatic heterocycles. The van der Waals surface area contributed by atoms with Gasteiger partial charge in [-0.3, -0.25) is 37.3 Å². The standard InChI is InChI=1S/C74H144O17P2/c1-7-9-11-13-15-17-19-20-26-29-33-39-45-51-57-72(77)85-62-69(90-73(78)58-52-46-40-34-30-27-24-22-21-23-25-28-31-36-42-48-54-66(3)4)64-88-92(80,81)86-60-68(75)61-87-93(82,83)89-65-70(91-74(79)59-53-47-41-35-37-43-49-55-67(5)6)63-84-71(76)56-50-44-38-32-18-16-14-12-10-8-2/h66-70,75H,7-65H2,1-6H3,(H,80,81)(H,82,83)/t68-,69-,70-/m1/s1. The monoisotopic (exact) mass is 1370 g/mol. The maximum absolute atomic E-state index is 13.1. The van der Waals surface area contributed by atoms with Gasteiger partial charge in [-0.25, -0.2) is 9.13 Å². The molecule has 0 spiro atoms. The SMILES string of the molecule is CCCCCCCCCCCCCCCCC(=O)OC[C@H](COP(=O)(O)OC[C@@H](O)COP(=O)(O)OC[C@@H](COC(=O)CCCCCCCCCCCC)OC(=O)CCCCCCCCCC(C)C)OC(=O)CCCCCCCCCCCCCCCCCCC(C)C. The lowest BCUT2D eigenvalue weighted by atomic mass is 10.0. The number of aliphatic hydroxyl groups excluding tert-OH is 1. The smallest absolute Gasteiger partial charge is 0.462 e. The van der Waals surface area contributed by atoms with Crippen molar-refractivity contribution in [3.63, 3.8) is 0 Å². The van der Waals surface area contributed by atoms with Crippen LogP contribution in [0.3, 0.4) is 0 Å². The second-order valence-electron chi connectivity index (χ2n) is 27.6. The van der Waals surface area contributed by atoms with E-state index in [2.05, 4.69) is 41.5 Å². The quantitative estimate of drug-likeness (QED) is 0.0222. The van der Waals surface area contributed by atoms with E-state index in [1.807, 2.05) is 0 Å². The summed E-state index contributed by atoms with van der Waals surface area (Å²) in [6.45, 7) is 9.54. The molecule has 0 aliphatic rings. The third kappa shape index (κ3) is 68.4. The zero-order chi connectivity index (χ0) is 68.6. The van der Waals surface area contributed by atoms with Crippen molar-refractivity contribution in [1.29, 1.82) is 0 Å². The zero-order valence-corrected chi connectivity index (χ0v) is 62.3. The van der Waals surface area contributed by atoms with Gasteiger partial charge in [0.1, 0.15) is 19.3 Å². The van der Waals surface area contributed by atoms with Gasteiger partial charge in [0, 0.05) is 25.7 Å². The summed E-state index contributed by atoms with van der Waals surface area (Å²) in [5.41, 5.74) is 0. The van der Waals surface area contributed by atoms with Crippen molar-refractivity contribution < 1.29 is 80.2 Å². The Morgan fingerprint density at radius 1 is 0.290 bits per heavy atom. The lowest BCUT2D eigenvalue weighted by Gasteiger charge is -2.21. The Morgan fingerprint density at radius 2 is 0.495 bits per heavy atom. The van der Waals surface area contributed by atoms with E-state index >= 15 is 0 Å². The summed E-state index contributed by atoms with van der Waals surface area (Å²) in [7, 11) is -9.90. The number of esters is 4. The van der Waals surface area contributed by atoms with Crippen LogP contribution in [0.25, 0.3) is 0 Å². The topological polar surface area (TPSA) is 237 Å². The van der Waals surface area contributed by atoms with Gasteiger partial charge in [0.2, 0.25) is 0 Å². The van der Waals surface area contributed by atoms with Gasteiger partial charge in [0.15, 0.2) is 12.2 Å². The first kappa shape index (κ1) is 91.1. The van der Waals surface area contributed by atoms with E-state index in [0.717, 1.165) is 95.8 Å². The molecule has 0 heterocycles. The molecule has 3 N–H and O–H groups in total. The van der Waals surface area contributed by atoms with Crippen LogP contribution in [-0.2, 0) is 65.4 Å². The van der Waals surface area contributed by atoms with E-state index in [1.165, 1.54) is 199 Å². The first-order valence-electron chi connectivity index (χ1n) is 38.5. The third-order valence-electron chi connectivity index (χ3n) is 17.2. The predicted molar refractivity (Wildman–Crippen MR) is 377 cm³/mol. The fourth-order valence-electron chi connectivity index (χ4n) is 11.3. The fraction of sp³-hybridized carbons (Fsp3) is 0.946. The van der Waals surface area contributed by atoms with Crippen LogP contribution in [0.5, 0.6) is 0 Å². The van der Waals surface area contributed by atoms with Crippen molar-refractivity contribution in [2.24, 2.45) is 11.8 Å². The second kappa shape index (κ2) is 66.0. The van der Waals surface area contributed by atoms with Crippen molar-refractivity contribution in [3.05, 3.63) is 0 Å². The molecule has 0 rings (SSSR count). The van der Waals surface area contributed by atoms with Gasteiger partial charge in [-0.05, 0) is 37.5 Å². The summed E-state index contributed by atoms with van der Waals surface area (Å²) in [6, 6.07) is 0. The highest BCUT2D eigenvalue weighted by atomic mass is 31.2. The molecular formula is C74H144O17P2. The summed E-state index contributed by atoms with van der Waals surface area (Å²) in [5, 5.41) is 10.6. The van der Waals surface area contributed by atoms with Crippen LogP contribution in [0.15, 0.2) is 0 Å². The summed E-state index contributed by atoms with van der Waals surface area (Å²) >= 11 is 0. The van der Waals surface area contributed by atoms with Crippen molar-refractivity contribution in [1.82, 2.24) is 0 Å². The molecular weight excluding hydrogens is 1220 g/mol. The molecule has 2 unspecified atom stereocenters. The number of carbonyl (C=O) groups excluding carboxylic acids is 4. The highest BCUT2D eigenvalue weighted by Gasteiger charge is 2.30. The minimum atomic E-state index is -4.95. The van der Waals surface area contributed by atoms with Crippen LogP contribution >= 0.6 is 15.6 Å². The molecule has 0 radical (unpaired) electrons. The van der Waals surface area contributed by atoms with Gasteiger partial charge in [-0.15, -0.1) is 0 Å². The van der Waals surface area contributed by atoms with Crippen LogP contribution < -0.4 is 0 Å². The minimum Gasteiger partial charge on any atom is -0.462 e. The highest BCUT2D eigenvalue weighted by molar-refractivity contribution is 7.47. The molecule has 0 aromatic carbocycles. The molecule has 0 fully saturated rings. The van der Waals surface area contributed by atoms with E-state index in [1.54, 1.807) is 0 Å².